The zero-order valence-corrected chi connectivity index (χ0v) is 14.8. The van der Waals surface area contributed by atoms with Crippen LogP contribution in [0.2, 0.25) is 5.02 Å². The molecule has 6 nitrogen and oxygen atoms in total. The standard InChI is InChI=1S/C18H18ClFN2O4/c1-25-15-9-12(8-14(19)17(15)26-10-16(21)23)18(24)22-6-5-11-3-2-4-13(20)7-11/h2-4,7-9H,5-6,10H2,1H3,(H2,21,23)(H,22,24). The topological polar surface area (TPSA) is 90.7 Å². The van der Waals surface area contributed by atoms with Crippen LogP contribution in [0.3, 0.4) is 0 Å². The number of hydrogen-bond acceptors (Lipinski definition) is 4. The van der Waals surface area contributed by atoms with Crippen molar-refractivity contribution in [2.45, 2.75) is 6.42 Å². The zero-order valence-electron chi connectivity index (χ0n) is 14.1. The molecular formula is C18H18ClFN2O4. The van der Waals surface area contributed by atoms with Crippen LogP contribution in [0.5, 0.6) is 11.5 Å². The summed E-state index contributed by atoms with van der Waals surface area (Å²) in [6, 6.07) is 9.01. The Bertz CT molecular complexity index is 814. The number of carbonyl (C=O) groups is 2. The van der Waals surface area contributed by atoms with E-state index in [-0.39, 0.29) is 40.4 Å². The Labute approximate surface area is 155 Å². The van der Waals surface area contributed by atoms with E-state index < -0.39 is 5.91 Å². The monoisotopic (exact) mass is 380 g/mol. The number of methoxy groups -OCH3 is 1. The molecule has 0 aromatic heterocycles. The largest absolute Gasteiger partial charge is 0.493 e. The molecule has 0 aliphatic heterocycles. The minimum Gasteiger partial charge on any atom is -0.493 e. The molecule has 0 spiro atoms. The first-order chi connectivity index (χ1) is 12.4. The Morgan fingerprint density at radius 3 is 2.69 bits per heavy atom. The molecule has 138 valence electrons. The van der Waals surface area contributed by atoms with Gasteiger partial charge in [0.1, 0.15) is 5.82 Å². The minimum absolute atomic E-state index is 0.112. The first kappa shape index (κ1) is 19.5. The van der Waals surface area contributed by atoms with Gasteiger partial charge in [0.05, 0.1) is 12.1 Å². The Kier molecular flexibility index (Phi) is 6.80. The molecule has 2 aromatic carbocycles. The van der Waals surface area contributed by atoms with Crippen LogP contribution in [0, 0.1) is 5.82 Å². The predicted octanol–water partition coefficient (Wildman–Crippen LogP) is 2.32. The van der Waals surface area contributed by atoms with Crippen LogP contribution in [-0.2, 0) is 11.2 Å². The van der Waals surface area contributed by atoms with Gasteiger partial charge in [-0.15, -0.1) is 0 Å². The van der Waals surface area contributed by atoms with Crippen molar-refractivity contribution in [2.24, 2.45) is 5.73 Å². The third-order valence-electron chi connectivity index (χ3n) is 3.44. The quantitative estimate of drug-likeness (QED) is 0.735. The van der Waals surface area contributed by atoms with Gasteiger partial charge in [-0.25, -0.2) is 4.39 Å². The number of hydrogen-bond donors (Lipinski definition) is 2. The van der Waals surface area contributed by atoms with Gasteiger partial charge in [0.2, 0.25) is 0 Å². The van der Waals surface area contributed by atoms with Crippen molar-refractivity contribution >= 4 is 23.4 Å². The average Bonchev–Trinajstić information content (AvgIpc) is 2.59. The smallest absolute Gasteiger partial charge is 0.255 e. The summed E-state index contributed by atoms with van der Waals surface area (Å²) in [6.45, 7) is -0.0442. The van der Waals surface area contributed by atoms with Gasteiger partial charge >= 0.3 is 0 Å². The van der Waals surface area contributed by atoms with Gasteiger partial charge in [0.25, 0.3) is 11.8 Å². The van der Waals surface area contributed by atoms with E-state index in [1.807, 2.05) is 0 Å². The Hall–Kier alpha value is -2.80. The fourth-order valence-electron chi connectivity index (χ4n) is 2.25. The molecule has 0 fully saturated rings. The molecule has 0 heterocycles. The molecule has 2 aromatic rings. The number of ether oxygens (including phenoxy) is 2. The van der Waals surface area contributed by atoms with Crippen molar-refractivity contribution in [3.63, 3.8) is 0 Å². The fourth-order valence-corrected chi connectivity index (χ4v) is 2.51. The molecule has 0 bridgehead atoms. The van der Waals surface area contributed by atoms with Crippen molar-refractivity contribution in [2.75, 3.05) is 20.3 Å². The zero-order chi connectivity index (χ0) is 19.1. The lowest BCUT2D eigenvalue weighted by Crippen LogP contribution is -2.26. The number of rotatable bonds is 8. The molecule has 0 atom stereocenters. The number of primary amides is 1. The number of nitrogens with two attached hydrogens (primary N) is 1. The second kappa shape index (κ2) is 9.05. The molecule has 3 N–H and O–H groups in total. The molecule has 0 saturated heterocycles. The highest BCUT2D eigenvalue weighted by Crippen LogP contribution is 2.36. The second-order valence-electron chi connectivity index (χ2n) is 5.38. The summed E-state index contributed by atoms with van der Waals surface area (Å²) in [5, 5.41) is 2.84. The molecule has 0 aliphatic carbocycles. The van der Waals surface area contributed by atoms with Crippen molar-refractivity contribution in [1.29, 1.82) is 0 Å². The highest BCUT2D eigenvalue weighted by atomic mass is 35.5. The summed E-state index contributed by atoms with van der Waals surface area (Å²) < 4.78 is 23.5. The molecule has 2 rings (SSSR count). The van der Waals surface area contributed by atoms with E-state index in [0.29, 0.717) is 13.0 Å². The number of halogens is 2. The van der Waals surface area contributed by atoms with Gasteiger partial charge in [0.15, 0.2) is 18.1 Å². The SMILES string of the molecule is COc1cc(C(=O)NCCc2cccc(F)c2)cc(Cl)c1OCC(N)=O. The van der Waals surface area contributed by atoms with E-state index in [4.69, 9.17) is 26.8 Å². The fraction of sp³-hybridized carbons (Fsp3) is 0.222. The lowest BCUT2D eigenvalue weighted by atomic mass is 10.1. The molecule has 26 heavy (non-hydrogen) atoms. The maximum Gasteiger partial charge on any atom is 0.255 e. The normalized spacial score (nSPS) is 10.3. The first-order valence-corrected chi connectivity index (χ1v) is 8.09. The van der Waals surface area contributed by atoms with Gasteiger partial charge in [-0.1, -0.05) is 23.7 Å². The van der Waals surface area contributed by atoms with Crippen molar-refractivity contribution in [3.8, 4) is 11.5 Å². The van der Waals surface area contributed by atoms with Gasteiger partial charge in [-0.05, 0) is 36.2 Å². The van der Waals surface area contributed by atoms with E-state index in [9.17, 15) is 14.0 Å². The molecule has 0 saturated carbocycles. The van der Waals surface area contributed by atoms with Gasteiger partial charge in [0, 0.05) is 12.1 Å². The van der Waals surface area contributed by atoms with E-state index in [1.54, 1.807) is 12.1 Å². The Morgan fingerprint density at radius 1 is 1.27 bits per heavy atom. The third-order valence-corrected chi connectivity index (χ3v) is 3.72. The van der Waals surface area contributed by atoms with Gasteiger partial charge in [-0.2, -0.15) is 0 Å². The van der Waals surface area contributed by atoms with Crippen LogP contribution in [0.1, 0.15) is 15.9 Å². The summed E-state index contributed by atoms with van der Waals surface area (Å²) in [5.74, 6) is -1.03. The number of nitrogens with one attached hydrogen (secondary N) is 1. The second-order valence-corrected chi connectivity index (χ2v) is 5.79. The minimum atomic E-state index is -0.665. The number of carbonyl (C=O) groups excluding carboxylic acids is 2. The van der Waals surface area contributed by atoms with Crippen LogP contribution in [0.25, 0.3) is 0 Å². The predicted molar refractivity (Wildman–Crippen MR) is 95.1 cm³/mol. The highest BCUT2D eigenvalue weighted by Gasteiger charge is 2.16. The van der Waals surface area contributed by atoms with Crippen LogP contribution < -0.4 is 20.5 Å². The van der Waals surface area contributed by atoms with E-state index in [0.717, 1.165) is 5.56 Å². The summed E-state index contributed by atoms with van der Waals surface area (Å²) in [6.07, 6.45) is 0.480. The maximum absolute atomic E-state index is 13.1. The molecule has 0 aliphatic rings. The van der Waals surface area contributed by atoms with Crippen molar-refractivity contribution < 1.29 is 23.5 Å². The van der Waals surface area contributed by atoms with Gasteiger partial charge in [-0.3, -0.25) is 9.59 Å². The first-order valence-electron chi connectivity index (χ1n) is 7.72. The van der Waals surface area contributed by atoms with Gasteiger partial charge < -0.3 is 20.5 Å². The lowest BCUT2D eigenvalue weighted by Gasteiger charge is -2.13. The van der Waals surface area contributed by atoms with Crippen LogP contribution in [0.15, 0.2) is 36.4 Å². The Balaban J connectivity index is 2.03. The maximum atomic E-state index is 13.1. The summed E-state index contributed by atoms with van der Waals surface area (Å²) in [7, 11) is 1.38. The van der Waals surface area contributed by atoms with E-state index in [2.05, 4.69) is 5.32 Å². The molecular weight excluding hydrogens is 363 g/mol. The summed E-state index contributed by atoms with van der Waals surface area (Å²) >= 11 is 6.11. The highest BCUT2D eigenvalue weighted by molar-refractivity contribution is 6.32. The summed E-state index contributed by atoms with van der Waals surface area (Å²) in [5.41, 5.74) is 6.07. The van der Waals surface area contributed by atoms with E-state index >= 15 is 0 Å². The number of amides is 2. The average molecular weight is 381 g/mol. The molecule has 8 heteroatoms. The third kappa shape index (κ3) is 5.35. The molecule has 0 radical (unpaired) electrons. The summed E-state index contributed by atoms with van der Waals surface area (Å²) in [4.78, 5) is 23.1. The van der Waals surface area contributed by atoms with Crippen LogP contribution in [-0.4, -0.2) is 32.1 Å². The van der Waals surface area contributed by atoms with Crippen LogP contribution in [0.4, 0.5) is 4.39 Å². The lowest BCUT2D eigenvalue weighted by molar-refractivity contribution is -0.119. The van der Waals surface area contributed by atoms with Crippen molar-refractivity contribution in [3.05, 3.63) is 58.4 Å². The van der Waals surface area contributed by atoms with Crippen LogP contribution >= 0.6 is 11.6 Å². The van der Waals surface area contributed by atoms with Crippen molar-refractivity contribution in [1.82, 2.24) is 5.32 Å². The number of benzene rings is 2. The Morgan fingerprint density at radius 2 is 2.04 bits per heavy atom. The van der Waals surface area contributed by atoms with E-state index in [1.165, 1.54) is 31.4 Å². The molecule has 2 amide bonds. The molecule has 0 unspecified atom stereocenters.